The molecule has 1 saturated carbocycles. The van der Waals surface area contributed by atoms with Crippen LogP contribution in [-0.4, -0.2) is 19.6 Å². The van der Waals surface area contributed by atoms with Gasteiger partial charge in [0.05, 0.1) is 16.7 Å². The van der Waals surface area contributed by atoms with Gasteiger partial charge in [-0.2, -0.15) is 0 Å². The number of thiophene rings is 1. The van der Waals surface area contributed by atoms with Crippen LogP contribution in [-0.2, 0) is 20.0 Å². The Morgan fingerprint density at radius 2 is 2.00 bits per heavy atom. The summed E-state index contributed by atoms with van der Waals surface area (Å²) in [7, 11) is -3.37. The molecule has 2 aromatic rings. The molecule has 1 fully saturated rings. The molecule has 27 heavy (non-hydrogen) atoms. The zero-order valence-electron chi connectivity index (χ0n) is 14.7. The Kier molecular flexibility index (Phi) is 4.38. The third-order valence-corrected chi connectivity index (χ3v) is 9.50. The van der Waals surface area contributed by atoms with E-state index in [1.807, 2.05) is 0 Å². The lowest BCUT2D eigenvalue weighted by Gasteiger charge is -2.42. The first-order valence-corrected chi connectivity index (χ1v) is 11.3. The molecule has 0 saturated heterocycles. The van der Waals surface area contributed by atoms with Crippen LogP contribution in [0.25, 0.3) is 0 Å². The predicted molar refractivity (Wildman–Crippen MR) is 98.4 cm³/mol. The maximum Gasteiger partial charge on any atom is 0.231 e. The molecular formula is C19H19F2NO3S2. The second-order valence-electron chi connectivity index (χ2n) is 7.34. The largest absolute Gasteiger partial charge is 0.348 e. The number of carbonyl (C=O) groups excluding carboxylic acids is 1. The van der Waals surface area contributed by atoms with Crippen LogP contribution in [0.4, 0.5) is 8.78 Å². The number of halogens is 2. The van der Waals surface area contributed by atoms with Crippen molar-refractivity contribution in [1.29, 1.82) is 0 Å². The maximum absolute atomic E-state index is 14.4. The van der Waals surface area contributed by atoms with Crippen molar-refractivity contribution in [2.24, 2.45) is 0 Å². The van der Waals surface area contributed by atoms with E-state index in [4.69, 9.17) is 0 Å². The van der Waals surface area contributed by atoms with Gasteiger partial charge in [-0.25, -0.2) is 17.2 Å². The fraction of sp³-hybridized carbons (Fsp3) is 0.421. The molecule has 8 heteroatoms. The van der Waals surface area contributed by atoms with Crippen LogP contribution < -0.4 is 5.32 Å². The number of amides is 1. The van der Waals surface area contributed by atoms with Crippen molar-refractivity contribution in [3.8, 4) is 0 Å². The number of sulfone groups is 1. The normalized spacial score (nSPS) is 25.3. The third-order valence-electron chi connectivity index (χ3n) is 5.78. The number of hydrogen-bond acceptors (Lipinski definition) is 4. The zero-order valence-corrected chi connectivity index (χ0v) is 16.3. The van der Waals surface area contributed by atoms with Gasteiger partial charge < -0.3 is 5.32 Å². The minimum Gasteiger partial charge on any atom is -0.348 e. The fourth-order valence-electron chi connectivity index (χ4n) is 4.02. The molecule has 4 rings (SSSR count). The van der Waals surface area contributed by atoms with E-state index < -0.39 is 38.2 Å². The van der Waals surface area contributed by atoms with Gasteiger partial charge in [0.1, 0.15) is 15.8 Å². The number of fused-ring (bicyclic) bond motifs is 1. The van der Waals surface area contributed by atoms with Crippen LogP contribution in [0, 0.1) is 11.6 Å². The van der Waals surface area contributed by atoms with Gasteiger partial charge >= 0.3 is 0 Å². The second kappa shape index (κ2) is 6.38. The molecule has 1 amide bonds. The third kappa shape index (κ3) is 2.81. The number of hydrogen-bond donors (Lipinski definition) is 1. The van der Waals surface area contributed by atoms with Crippen LogP contribution in [0.2, 0.25) is 0 Å². The quantitative estimate of drug-likeness (QED) is 0.834. The van der Waals surface area contributed by atoms with Gasteiger partial charge in [0, 0.05) is 17.2 Å². The molecule has 2 atom stereocenters. The van der Waals surface area contributed by atoms with Gasteiger partial charge in [0.25, 0.3) is 0 Å². The van der Waals surface area contributed by atoms with Crippen LogP contribution in [0.1, 0.15) is 49.8 Å². The minimum atomic E-state index is -3.37. The highest BCUT2D eigenvalue weighted by molar-refractivity contribution is 7.94. The summed E-state index contributed by atoms with van der Waals surface area (Å²) < 4.78 is 52.9. The summed E-state index contributed by atoms with van der Waals surface area (Å²) in [5.41, 5.74) is -0.219. The van der Waals surface area contributed by atoms with Gasteiger partial charge in [0.15, 0.2) is 9.84 Å². The fourth-order valence-corrected chi connectivity index (χ4v) is 7.25. The molecule has 1 aliphatic heterocycles. The molecule has 0 radical (unpaired) electrons. The molecule has 2 heterocycles. The molecule has 1 N–H and O–H groups in total. The summed E-state index contributed by atoms with van der Waals surface area (Å²) >= 11 is 1.15. The average molecular weight is 411 g/mol. The lowest BCUT2D eigenvalue weighted by molar-refractivity contribution is -0.131. The van der Waals surface area contributed by atoms with Crippen LogP contribution in [0.3, 0.4) is 0 Å². The molecule has 0 unspecified atom stereocenters. The highest BCUT2D eigenvalue weighted by atomic mass is 32.2. The molecule has 1 aromatic heterocycles. The number of rotatable bonds is 3. The monoisotopic (exact) mass is 411 g/mol. The summed E-state index contributed by atoms with van der Waals surface area (Å²) in [6.45, 7) is 1.63. The summed E-state index contributed by atoms with van der Waals surface area (Å²) in [5.74, 6) is -1.73. The summed E-state index contributed by atoms with van der Waals surface area (Å²) in [6, 6.07) is 4.60. The standard InChI is InChI=1S/C19H19F2NO3S2/c1-11-9-16(13-5-8-26-17(13)27(11,24)25)22-18(23)19(6-2-7-19)14-4-3-12(20)10-15(14)21/h3-5,8,10-11,16H,2,6-7,9H2,1H3,(H,22,23)/t11-,16-/m0/s1. The number of benzene rings is 1. The first-order valence-electron chi connectivity index (χ1n) is 8.83. The van der Waals surface area contributed by atoms with E-state index in [2.05, 4.69) is 5.32 Å². The SMILES string of the molecule is C[C@H]1C[C@H](NC(=O)C2(c3ccc(F)cc3F)CCC2)c2ccsc2S1(=O)=O. The van der Waals surface area contributed by atoms with Crippen molar-refractivity contribution < 1.29 is 22.0 Å². The smallest absolute Gasteiger partial charge is 0.231 e. The van der Waals surface area contributed by atoms with Crippen molar-refractivity contribution in [1.82, 2.24) is 5.32 Å². The van der Waals surface area contributed by atoms with Crippen molar-refractivity contribution in [3.63, 3.8) is 0 Å². The van der Waals surface area contributed by atoms with Gasteiger partial charge in [-0.05, 0) is 43.7 Å². The first kappa shape index (κ1) is 18.6. The zero-order chi connectivity index (χ0) is 19.4. The van der Waals surface area contributed by atoms with Gasteiger partial charge in [-0.15, -0.1) is 11.3 Å². The van der Waals surface area contributed by atoms with E-state index in [0.29, 0.717) is 22.6 Å². The molecule has 144 valence electrons. The van der Waals surface area contributed by atoms with Gasteiger partial charge in [0.2, 0.25) is 5.91 Å². The van der Waals surface area contributed by atoms with Crippen molar-refractivity contribution in [2.45, 2.75) is 53.5 Å². The Bertz CT molecular complexity index is 1010. The van der Waals surface area contributed by atoms with E-state index in [9.17, 15) is 22.0 Å². The van der Waals surface area contributed by atoms with Gasteiger partial charge in [-0.3, -0.25) is 4.79 Å². The molecule has 0 bridgehead atoms. The minimum absolute atomic E-state index is 0.203. The Hall–Kier alpha value is -1.80. The molecule has 4 nitrogen and oxygen atoms in total. The van der Waals surface area contributed by atoms with Gasteiger partial charge in [-0.1, -0.05) is 12.5 Å². The van der Waals surface area contributed by atoms with Crippen molar-refractivity contribution in [3.05, 3.63) is 52.4 Å². The Morgan fingerprint density at radius 3 is 2.63 bits per heavy atom. The van der Waals surface area contributed by atoms with E-state index in [-0.39, 0.29) is 17.9 Å². The summed E-state index contributed by atoms with van der Waals surface area (Å²) in [4.78, 5) is 13.1. The Labute approximate surface area is 160 Å². The average Bonchev–Trinajstić information content (AvgIpc) is 3.05. The van der Waals surface area contributed by atoms with Crippen LogP contribution in [0.5, 0.6) is 0 Å². The Morgan fingerprint density at radius 1 is 1.26 bits per heavy atom. The highest BCUT2D eigenvalue weighted by Crippen LogP contribution is 2.46. The van der Waals surface area contributed by atoms with E-state index in [1.54, 1.807) is 18.4 Å². The van der Waals surface area contributed by atoms with E-state index >= 15 is 0 Å². The lowest BCUT2D eigenvalue weighted by atomic mass is 9.63. The topological polar surface area (TPSA) is 63.2 Å². The molecule has 1 aromatic carbocycles. The predicted octanol–water partition coefficient (Wildman–Crippen LogP) is 3.87. The Balaban J connectivity index is 1.66. The van der Waals surface area contributed by atoms with Crippen LogP contribution >= 0.6 is 11.3 Å². The molecule has 0 spiro atoms. The van der Waals surface area contributed by atoms with E-state index in [0.717, 1.165) is 29.9 Å². The lowest BCUT2D eigenvalue weighted by Crippen LogP contribution is -2.51. The molecule has 2 aliphatic rings. The number of carbonyl (C=O) groups is 1. The summed E-state index contributed by atoms with van der Waals surface area (Å²) in [5, 5.41) is 4.06. The molecule has 1 aliphatic carbocycles. The molecular weight excluding hydrogens is 392 g/mol. The summed E-state index contributed by atoms with van der Waals surface area (Å²) in [6.07, 6.45) is 2.03. The van der Waals surface area contributed by atoms with E-state index in [1.165, 1.54) is 6.07 Å². The highest BCUT2D eigenvalue weighted by Gasteiger charge is 2.49. The maximum atomic E-state index is 14.4. The number of nitrogens with one attached hydrogen (secondary N) is 1. The first-order chi connectivity index (χ1) is 12.8. The second-order valence-corrected chi connectivity index (χ2v) is 10.8. The van der Waals surface area contributed by atoms with Crippen molar-refractivity contribution in [2.75, 3.05) is 0 Å². The van der Waals surface area contributed by atoms with Crippen LogP contribution in [0.15, 0.2) is 33.9 Å². The van der Waals surface area contributed by atoms with Crippen molar-refractivity contribution >= 4 is 27.1 Å².